The van der Waals surface area contributed by atoms with Crippen LogP contribution < -0.4 is 4.90 Å². The van der Waals surface area contributed by atoms with Crippen molar-refractivity contribution in [2.75, 3.05) is 4.90 Å². The molecule has 1 aromatic carbocycles. The first-order valence-corrected chi connectivity index (χ1v) is 9.54. The summed E-state index contributed by atoms with van der Waals surface area (Å²) in [7, 11) is 0. The van der Waals surface area contributed by atoms with Gasteiger partial charge in [0.1, 0.15) is 6.61 Å². The zero-order chi connectivity index (χ0) is 20.9. The number of aromatic nitrogens is 1. The highest BCUT2D eigenvalue weighted by Gasteiger charge is 2.31. The molecule has 0 saturated heterocycles. The van der Waals surface area contributed by atoms with E-state index < -0.39 is 17.6 Å². The van der Waals surface area contributed by atoms with E-state index in [1.54, 1.807) is 5.38 Å². The summed E-state index contributed by atoms with van der Waals surface area (Å²) in [6.45, 7) is 5.20. The molecule has 0 fully saturated rings. The van der Waals surface area contributed by atoms with E-state index >= 15 is 0 Å². The molecular formula is C19H21F3N2O3S. The lowest BCUT2D eigenvalue weighted by Gasteiger charge is -2.19. The number of esters is 1. The number of halogens is 3. The maximum atomic E-state index is 13.0. The molecule has 0 radical (unpaired) electrons. The lowest BCUT2D eigenvalue weighted by atomic mass is 10.1. The largest absolute Gasteiger partial charge is 0.459 e. The van der Waals surface area contributed by atoms with Gasteiger partial charge >= 0.3 is 12.1 Å². The SMILES string of the molecule is CC(=O)N(c1cccc(C(F)(F)F)c1)c1nc(COC(=O)CCC(C)C)cs1. The number of rotatable bonds is 7. The third kappa shape index (κ3) is 6.05. The quantitative estimate of drug-likeness (QED) is 0.575. The minimum Gasteiger partial charge on any atom is -0.459 e. The number of carbonyl (C=O) groups is 2. The molecule has 152 valence electrons. The number of alkyl halides is 3. The molecule has 2 aromatic rings. The van der Waals surface area contributed by atoms with Crippen LogP contribution in [0.3, 0.4) is 0 Å². The summed E-state index contributed by atoms with van der Waals surface area (Å²) in [5, 5.41) is 1.81. The summed E-state index contributed by atoms with van der Waals surface area (Å²) in [5.74, 6) is -0.436. The summed E-state index contributed by atoms with van der Waals surface area (Å²) >= 11 is 1.09. The summed E-state index contributed by atoms with van der Waals surface area (Å²) in [5.41, 5.74) is -0.361. The van der Waals surface area contributed by atoms with Gasteiger partial charge in [-0.25, -0.2) is 4.98 Å². The van der Waals surface area contributed by atoms with Crippen molar-refractivity contribution in [1.29, 1.82) is 0 Å². The van der Waals surface area contributed by atoms with E-state index in [9.17, 15) is 22.8 Å². The van der Waals surface area contributed by atoms with E-state index in [0.29, 0.717) is 18.0 Å². The third-order valence-corrected chi connectivity index (χ3v) is 4.66. The molecule has 0 aliphatic heterocycles. The van der Waals surface area contributed by atoms with Crippen LogP contribution in [-0.4, -0.2) is 16.9 Å². The Balaban J connectivity index is 2.14. The first-order chi connectivity index (χ1) is 13.1. The van der Waals surface area contributed by atoms with Crippen LogP contribution in [0.25, 0.3) is 0 Å². The molecule has 1 aromatic heterocycles. The molecule has 0 saturated carbocycles. The smallest absolute Gasteiger partial charge is 0.416 e. The monoisotopic (exact) mass is 414 g/mol. The first kappa shape index (κ1) is 21.9. The van der Waals surface area contributed by atoms with Gasteiger partial charge in [-0.3, -0.25) is 14.5 Å². The third-order valence-electron chi connectivity index (χ3n) is 3.78. The molecular weight excluding hydrogens is 393 g/mol. The van der Waals surface area contributed by atoms with Gasteiger partial charge in [0.2, 0.25) is 5.91 Å². The van der Waals surface area contributed by atoms with Crippen LogP contribution >= 0.6 is 11.3 Å². The van der Waals surface area contributed by atoms with Gasteiger partial charge in [-0.05, 0) is 30.5 Å². The number of anilines is 2. The van der Waals surface area contributed by atoms with Crippen molar-refractivity contribution in [3.05, 3.63) is 40.9 Å². The van der Waals surface area contributed by atoms with Crippen molar-refractivity contribution in [3.8, 4) is 0 Å². The lowest BCUT2D eigenvalue weighted by molar-refractivity contribution is -0.145. The number of nitrogens with zero attached hydrogens (tertiary/aromatic N) is 2. The van der Waals surface area contributed by atoms with Crippen molar-refractivity contribution in [3.63, 3.8) is 0 Å². The zero-order valence-corrected chi connectivity index (χ0v) is 16.6. The molecule has 5 nitrogen and oxygen atoms in total. The molecule has 0 atom stereocenters. The van der Waals surface area contributed by atoms with Crippen LogP contribution in [0.4, 0.5) is 24.0 Å². The van der Waals surface area contributed by atoms with Crippen molar-refractivity contribution < 1.29 is 27.5 Å². The number of hydrogen-bond donors (Lipinski definition) is 0. The van der Waals surface area contributed by atoms with E-state index in [2.05, 4.69) is 4.98 Å². The highest BCUT2D eigenvalue weighted by Crippen LogP contribution is 2.35. The Morgan fingerprint density at radius 1 is 1.29 bits per heavy atom. The number of carbonyl (C=O) groups excluding carboxylic acids is 2. The lowest BCUT2D eigenvalue weighted by Crippen LogP contribution is -2.23. The van der Waals surface area contributed by atoms with Gasteiger partial charge in [0.25, 0.3) is 0 Å². The zero-order valence-electron chi connectivity index (χ0n) is 15.7. The summed E-state index contributed by atoms with van der Waals surface area (Å²) < 4.78 is 44.0. The molecule has 0 aliphatic carbocycles. The highest BCUT2D eigenvalue weighted by molar-refractivity contribution is 7.14. The molecule has 2 rings (SSSR count). The van der Waals surface area contributed by atoms with Crippen LogP contribution in [0, 0.1) is 5.92 Å². The van der Waals surface area contributed by atoms with E-state index in [4.69, 9.17) is 4.74 Å². The van der Waals surface area contributed by atoms with Crippen LogP contribution in [0.2, 0.25) is 0 Å². The van der Waals surface area contributed by atoms with Gasteiger partial charge in [-0.2, -0.15) is 13.2 Å². The van der Waals surface area contributed by atoms with Crippen LogP contribution in [0.15, 0.2) is 29.6 Å². The molecule has 0 N–H and O–H groups in total. The van der Waals surface area contributed by atoms with E-state index in [-0.39, 0.29) is 23.4 Å². The minimum absolute atomic E-state index is 0.0538. The Morgan fingerprint density at radius 2 is 2.00 bits per heavy atom. The fourth-order valence-electron chi connectivity index (χ4n) is 2.35. The second kappa shape index (κ2) is 9.18. The summed E-state index contributed by atoms with van der Waals surface area (Å²) in [4.78, 5) is 29.1. The number of ether oxygens (including phenoxy) is 1. The maximum Gasteiger partial charge on any atom is 0.416 e. The van der Waals surface area contributed by atoms with Crippen molar-refractivity contribution in [1.82, 2.24) is 4.98 Å². The second-order valence-electron chi connectivity index (χ2n) is 6.62. The van der Waals surface area contributed by atoms with E-state index in [1.807, 2.05) is 13.8 Å². The van der Waals surface area contributed by atoms with Gasteiger partial charge in [0.05, 0.1) is 16.9 Å². The van der Waals surface area contributed by atoms with Gasteiger partial charge in [0.15, 0.2) is 5.13 Å². The predicted molar refractivity (Wildman–Crippen MR) is 100 cm³/mol. The number of hydrogen-bond acceptors (Lipinski definition) is 5. The molecule has 9 heteroatoms. The molecule has 1 amide bonds. The minimum atomic E-state index is -4.52. The standard InChI is InChI=1S/C19H21F3N2O3S/c1-12(2)7-8-17(26)27-10-15-11-28-18(23-15)24(13(3)25)16-6-4-5-14(9-16)19(20,21)22/h4-6,9,11-12H,7-8,10H2,1-3H3. The highest BCUT2D eigenvalue weighted by atomic mass is 32.1. The molecule has 0 bridgehead atoms. The molecule has 28 heavy (non-hydrogen) atoms. The summed E-state index contributed by atoms with van der Waals surface area (Å²) in [6.07, 6.45) is -3.50. The number of thiazole rings is 1. The normalized spacial score (nSPS) is 11.5. The Bertz CT molecular complexity index is 834. The van der Waals surface area contributed by atoms with Crippen molar-refractivity contribution in [2.45, 2.75) is 46.4 Å². The van der Waals surface area contributed by atoms with Gasteiger partial charge < -0.3 is 4.74 Å². The Hall–Kier alpha value is -2.42. The Kier molecular flexibility index (Phi) is 7.17. The second-order valence-corrected chi connectivity index (χ2v) is 7.45. The first-order valence-electron chi connectivity index (χ1n) is 8.66. The van der Waals surface area contributed by atoms with Crippen molar-refractivity contribution >= 4 is 34.0 Å². The van der Waals surface area contributed by atoms with Gasteiger partial charge in [-0.1, -0.05) is 19.9 Å². The average Bonchev–Trinajstić information content (AvgIpc) is 3.06. The van der Waals surface area contributed by atoms with E-state index in [0.717, 1.165) is 34.8 Å². The molecule has 0 unspecified atom stereocenters. The Labute approximate surface area is 165 Å². The fraction of sp³-hybridized carbons (Fsp3) is 0.421. The maximum absolute atomic E-state index is 13.0. The van der Waals surface area contributed by atoms with Crippen LogP contribution in [0.1, 0.15) is 44.9 Å². The van der Waals surface area contributed by atoms with E-state index in [1.165, 1.54) is 19.1 Å². The summed E-state index contributed by atoms with van der Waals surface area (Å²) in [6, 6.07) is 4.48. The molecule has 1 heterocycles. The van der Waals surface area contributed by atoms with Crippen LogP contribution in [0.5, 0.6) is 0 Å². The van der Waals surface area contributed by atoms with Gasteiger partial charge in [-0.15, -0.1) is 11.3 Å². The van der Waals surface area contributed by atoms with Crippen LogP contribution in [-0.2, 0) is 27.1 Å². The number of benzene rings is 1. The van der Waals surface area contributed by atoms with Gasteiger partial charge in [0, 0.05) is 18.7 Å². The predicted octanol–water partition coefficient (Wildman–Crippen LogP) is 5.33. The Morgan fingerprint density at radius 3 is 2.61 bits per heavy atom. The molecule has 0 spiro atoms. The fourth-order valence-corrected chi connectivity index (χ4v) is 3.22. The average molecular weight is 414 g/mol. The molecule has 0 aliphatic rings. The topological polar surface area (TPSA) is 59.5 Å². The van der Waals surface area contributed by atoms with Crippen molar-refractivity contribution in [2.24, 2.45) is 5.92 Å². The number of amides is 1.